The number of anilines is 1. The van der Waals surface area contributed by atoms with Gasteiger partial charge in [0.25, 0.3) is 10.0 Å². The van der Waals surface area contributed by atoms with Crippen LogP contribution in [0.5, 0.6) is 0 Å². The van der Waals surface area contributed by atoms with E-state index in [1.165, 1.54) is 28.1 Å². The SMILES string of the molecule is CC(CO)n1ccc(S(=O)(=O)NC(=O)Nc2c3c(cc4c2CCC4)CCC3)n1. The van der Waals surface area contributed by atoms with Gasteiger partial charge in [-0.2, -0.15) is 13.5 Å². The lowest BCUT2D eigenvalue weighted by molar-refractivity contribution is 0.228. The molecule has 1 unspecified atom stereocenters. The van der Waals surface area contributed by atoms with Gasteiger partial charge in [0.05, 0.1) is 12.6 Å². The summed E-state index contributed by atoms with van der Waals surface area (Å²) in [5.74, 6) is 0. The maximum Gasteiger partial charge on any atom is 0.333 e. The maximum absolute atomic E-state index is 12.5. The second kappa shape index (κ2) is 7.21. The highest BCUT2D eigenvalue weighted by atomic mass is 32.2. The van der Waals surface area contributed by atoms with Crippen molar-refractivity contribution < 1.29 is 18.3 Å². The molecule has 2 aliphatic carbocycles. The fourth-order valence-corrected chi connectivity index (χ4v) is 4.92. The molecule has 1 atom stereocenters. The van der Waals surface area contributed by atoms with Crippen LogP contribution in [0.3, 0.4) is 0 Å². The lowest BCUT2D eigenvalue weighted by Crippen LogP contribution is -2.35. The van der Waals surface area contributed by atoms with Crippen LogP contribution in [0.1, 0.15) is 48.1 Å². The van der Waals surface area contributed by atoms with Crippen molar-refractivity contribution in [3.05, 3.63) is 40.6 Å². The third-order valence-electron chi connectivity index (χ3n) is 5.51. The number of carbonyl (C=O) groups is 1. The van der Waals surface area contributed by atoms with Gasteiger partial charge < -0.3 is 10.4 Å². The molecular formula is C19H24N4O4S. The third-order valence-corrected chi connectivity index (χ3v) is 6.74. The standard InChI is InChI=1S/C19H24N4O4S/c1-12(11-24)23-9-8-17(21-23)28(26,27)22-19(25)20-18-15-6-2-4-13(15)10-14-5-3-7-16(14)18/h8-10,12,24H,2-7,11H2,1H3,(H2,20,22,25). The number of hydrogen-bond acceptors (Lipinski definition) is 5. The van der Waals surface area contributed by atoms with Gasteiger partial charge in [0.1, 0.15) is 0 Å². The zero-order valence-corrected chi connectivity index (χ0v) is 16.6. The Kier molecular flexibility index (Phi) is 4.88. The first-order chi connectivity index (χ1) is 13.4. The molecule has 0 spiro atoms. The van der Waals surface area contributed by atoms with Gasteiger partial charge in [0, 0.05) is 11.9 Å². The summed E-state index contributed by atoms with van der Waals surface area (Å²) in [6.07, 6.45) is 7.35. The first-order valence-electron chi connectivity index (χ1n) is 9.55. The molecule has 8 nitrogen and oxygen atoms in total. The van der Waals surface area contributed by atoms with E-state index >= 15 is 0 Å². The molecule has 2 amide bonds. The molecule has 2 aromatic rings. The van der Waals surface area contributed by atoms with E-state index in [0.29, 0.717) is 0 Å². The highest BCUT2D eigenvalue weighted by molar-refractivity contribution is 7.90. The van der Waals surface area contributed by atoms with Crippen molar-refractivity contribution in [2.45, 2.75) is 56.5 Å². The molecule has 1 heterocycles. The number of aliphatic hydroxyl groups is 1. The number of nitrogens with zero attached hydrogens (tertiary/aromatic N) is 2. The number of aromatic nitrogens is 2. The van der Waals surface area contributed by atoms with Crippen LogP contribution in [0.25, 0.3) is 0 Å². The summed E-state index contributed by atoms with van der Waals surface area (Å²) in [6.45, 7) is 1.54. The Hall–Kier alpha value is -2.39. The Morgan fingerprint density at radius 2 is 1.86 bits per heavy atom. The number of hydrogen-bond donors (Lipinski definition) is 3. The number of nitrogens with one attached hydrogen (secondary N) is 2. The van der Waals surface area contributed by atoms with Gasteiger partial charge in [-0.25, -0.2) is 9.52 Å². The predicted octanol–water partition coefficient (Wildman–Crippen LogP) is 1.92. The molecule has 0 radical (unpaired) electrons. The van der Waals surface area contributed by atoms with Crippen LogP contribution >= 0.6 is 0 Å². The van der Waals surface area contributed by atoms with Crippen LogP contribution in [-0.4, -0.2) is 35.9 Å². The topological polar surface area (TPSA) is 113 Å². The van der Waals surface area contributed by atoms with Crippen LogP contribution in [0.2, 0.25) is 0 Å². The number of fused-ring (bicyclic) bond motifs is 2. The Balaban J connectivity index is 1.55. The Bertz CT molecular complexity index is 997. The lowest BCUT2D eigenvalue weighted by Gasteiger charge is -2.16. The number of urea groups is 1. The molecule has 2 aliphatic rings. The molecule has 4 rings (SSSR count). The number of sulfonamides is 1. The van der Waals surface area contributed by atoms with Crippen LogP contribution in [0.4, 0.5) is 10.5 Å². The van der Waals surface area contributed by atoms with Crippen molar-refractivity contribution in [2.75, 3.05) is 11.9 Å². The van der Waals surface area contributed by atoms with Crippen LogP contribution in [-0.2, 0) is 35.7 Å². The summed E-state index contributed by atoms with van der Waals surface area (Å²) >= 11 is 0. The molecule has 9 heteroatoms. The number of carbonyl (C=O) groups excluding carboxylic acids is 1. The number of aliphatic hydroxyl groups excluding tert-OH is 1. The number of rotatable bonds is 5. The lowest BCUT2D eigenvalue weighted by atomic mass is 9.99. The van der Waals surface area contributed by atoms with Gasteiger partial charge in [-0.3, -0.25) is 4.68 Å². The van der Waals surface area contributed by atoms with Crippen molar-refractivity contribution in [1.29, 1.82) is 0 Å². The predicted molar refractivity (Wildman–Crippen MR) is 104 cm³/mol. The fraction of sp³-hybridized carbons (Fsp3) is 0.474. The zero-order chi connectivity index (χ0) is 19.9. The van der Waals surface area contributed by atoms with Crippen molar-refractivity contribution >= 4 is 21.7 Å². The van der Waals surface area contributed by atoms with Gasteiger partial charge in [-0.05, 0) is 73.8 Å². The fourth-order valence-electron chi connectivity index (χ4n) is 4.07. The second-order valence-corrected chi connectivity index (χ2v) is 9.09. The van der Waals surface area contributed by atoms with Crippen LogP contribution < -0.4 is 10.0 Å². The van der Waals surface area contributed by atoms with E-state index in [9.17, 15) is 18.3 Å². The Morgan fingerprint density at radius 1 is 1.21 bits per heavy atom. The normalized spacial score (nSPS) is 16.5. The molecule has 1 aromatic heterocycles. The summed E-state index contributed by atoms with van der Waals surface area (Å²) in [4.78, 5) is 12.5. The van der Waals surface area contributed by atoms with Crippen molar-refractivity contribution in [3.8, 4) is 0 Å². The molecule has 28 heavy (non-hydrogen) atoms. The van der Waals surface area contributed by atoms with Gasteiger partial charge in [-0.15, -0.1) is 0 Å². The first kappa shape index (κ1) is 18.9. The van der Waals surface area contributed by atoms with E-state index in [2.05, 4.69) is 21.2 Å². The summed E-state index contributed by atoms with van der Waals surface area (Å²) in [6, 6.07) is 2.42. The van der Waals surface area contributed by atoms with Gasteiger partial charge in [0.2, 0.25) is 0 Å². The van der Waals surface area contributed by atoms with Crippen molar-refractivity contribution in [1.82, 2.24) is 14.5 Å². The minimum Gasteiger partial charge on any atom is -0.394 e. The summed E-state index contributed by atoms with van der Waals surface area (Å²) in [5, 5.41) is 15.7. The molecule has 0 aliphatic heterocycles. The van der Waals surface area contributed by atoms with Gasteiger partial charge >= 0.3 is 6.03 Å². The van der Waals surface area contributed by atoms with E-state index in [-0.39, 0.29) is 17.7 Å². The van der Waals surface area contributed by atoms with Gasteiger partial charge in [0.15, 0.2) is 5.03 Å². The number of benzene rings is 1. The molecule has 3 N–H and O–H groups in total. The van der Waals surface area contributed by atoms with E-state index in [1.54, 1.807) is 6.92 Å². The monoisotopic (exact) mass is 404 g/mol. The molecule has 0 fully saturated rings. The Morgan fingerprint density at radius 3 is 2.46 bits per heavy atom. The summed E-state index contributed by atoms with van der Waals surface area (Å²) in [7, 11) is -4.10. The van der Waals surface area contributed by atoms with E-state index < -0.39 is 16.1 Å². The maximum atomic E-state index is 12.5. The summed E-state index contributed by atoms with van der Waals surface area (Å²) < 4.78 is 28.4. The molecule has 0 bridgehead atoms. The second-order valence-electron chi connectivity index (χ2n) is 7.46. The summed E-state index contributed by atoms with van der Waals surface area (Å²) in [5.41, 5.74) is 5.57. The largest absolute Gasteiger partial charge is 0.394 e. The highest BCUT2D eigenvalue weighted by Gasteiger charge is 2.27. The number of amides is 2. The molecule has 1 aromatic carbocycles. The molecule has 0 saturated carbocycles. The molecule has 0 saturated heterocycles. The number of aryl methyl sites for hydroxylation is 2. The zero-order valence-electron chi connectivity index (χ0n) is 15.7. The molecule has 150 valence electrons. The third kappa shape index (κ3) is 3.40. The Labute approximate surface area is 164 Å². The van der Waals surface area contributed by atoms with Crippen LogP contribution in [0, 0.1) is 0 Å². The minimum atomic E-state index is -4.10. The first-order valence-corrected chi connectivity index (χ1v) is 11.0. The van der Waals surface area contributed by atoms with Crippen molar-refractivity contribution in [3.63, 3.8) is 0 Å². The van der Waals surface area contributed by atoms with E-state index in [0.717, 1.165) is 55.3 Å². The smallest absolute Gasteiger partial charge is 0.333 e. The average Bonchev–Trinajstić information content (AvgIpc) is 3.39. The molecular weight excluding hydrogens is 380 g/mol. The van der Waals surface area contributed by atoms with E-state index in [4.69, 9.17) is 0 Å². The average molecular weight is 404 g/mol. The highest BCUT2D eigenvalue weighted by Crippen LogP contribution is 2.38. The van der Waals surface area contributed by atoms with E-state index in [1.807, 2.05) is 0 Å². The quantitative estimate of drug-likeness (QED) is 0.705. The minimum absolute atomic E-state index is 0.167. The van der Waals surface area contributed by atoms with Gasteiger partial charge in [-0.1, -0.05) is 6.07 Å². The van der Waals surface area contributed by atoms with Crippen LogP contribution in [0.15, 0.2) is 23.4 Å². The van der Waals surface area contributed by atoms with Crippen molar-refractivity contribution in [2.24, 2.45) is 0 Å².